The Morgan fingerprint density at radius 1 is 1.36 bits per heavy atom. The number of hydrogen-bond acceptors (Lipinski definition) is 4. The molecule has 120 valence electrons. The van der Waals surface area contributed by atoms with Crippen LogP contribution >= 0.6 is 11.8 Å². The van der Waals surface area contributed by atoms with Gasteiger partial charge in [0.2, 0.25) is 10.0 Å². The largest absolute Gasteiger partial charge is 0.319 e. The quantitative estimate of drug-likeness (QED) is 0.908. The first-order valence-electron chi connectivity index (χ1n) is 7.69. The van der Waals surface area contributed by atoms with E-state index in [4.69, 9.17) is 5.14 Å². The maximum Gasteiger partial charge on any atom is 0.238 e. The lowest BCUT2D eigenvalue weighted by Crippen LogP contribution is -2.11. The van der Waals surface area contributed by atoms with Crippen molar-refractivity contribution in [3.8, 4) is 0 Å². The molecule has 7 heteroatoms. The van der Waals surface area contributed by atoms with Crippen LogP contribution in [0.25, 0.3) is 11.0 Å². The van der Waals surface area contributed by atoms with Gasteiger partial charge in [0.05, 0.1) is 15.9 Å². The van der Waals surface area contributed by atoms with E-state index in [1.807, 2.05) is 17.8 Å². The first-order chi connectivity index (χ1) is 10.5. The molecule has 3 rings (SSSR count). The van der Waals surface area contributed by atoms with Gasteiger partial charge in [0, 0.05) is 11.8 Å². The normalized spacial score (nSPS) is 16.6. The fourth-order valence-corrected chi connectivity index (χ4v) is 4.82. The topological polar surface area (TPSA) is 78.0 Å². The van der Waals surface area contributed by atoms with E-state index in [0.29, 0.717) is 10.8 Å². The first kappa shape index (κ1) is 15.8. The summed E-state index contributed by atoms with van der Waals surface area (Å²) in [5.74, 6) is 0. The van der Waals surface area contributed by atoms with Gasteiger partial charge in [0.15, 0.2) is 5.16 Å². The number of thioether (sulfide) groups is 1. The lowest BCUT2D eigenvalue weighted by atomic mass is 10.3. The Hall–Kier alpha value is -1.05. The van der Waals surface area contributed by atoms with E-state index in [0.717, 1.165) is 23.6 Å². The second-order valence-corrected chi connectivity index (χ2v) is 8.59. The zero-order valence-electron chi connectivity index (χ0n) is 12.7. The summed E-state index contributed by atoms with van der Waals surface area (Å²) in [5, 5.41) is 6.84. The molecule has 0 saturated heterocycles. The summed E-state index contributed by atoms with van der Waals surface area (Å²) >= 11 is 1.83. The fraction of sp³-hybridized carbons (Fsp3) is 0.533. The number of hydrogen-bond donors (Lipinski definition) is 1. The van der Waals surface area contributed by atoms with Gasteiger partial charge in [-0.05, 0) is 37.5 Å². The van der Waals surface area contributed by atoms with E-state index in [2.05, 4.69) is 16.5 Å². The number of aryl methyl sites for hydroxylation is 1. The molecule has 0 atom stereocenters. The van der Waals surface area contributed by atoms with Crippen molar-refractivity contribution in [2.45, 2.75) is 60.9 Å². The predicted molar refractivity (Wildman–Crippen MR) is 89.5 cm³/mol. The number of aromatic nitrogens is 2. The van der Waals surface area contributed by atoms with E-state index in [1.165, 1.54) is 25.7 Å². The molecule has 0 unspecified atom stereocenters. The Labute approximate surface area is 135 Å². The minimum absolute atomic E-state index is 0.124. The fourth-order valence-electron chi connectivity index (χ4n) is 2.95. The smallest absolute Gasteiger partial charge is 0.238 e. The molecule has 1 aliphatic carbocycles. The maximum atomic E-state index is 11.5. The molecule has 2 aromatic rings. The third kappa shape index (κ3) is 3.16. The number of benzene rings is 1. The van der Waals surface area contributed by atoms with Gasteiger partial charge in [-0.3, -0.25) is 0 Å². The van der Waals surface area contributed by atoms with Crippen LogP contribution < -0.4 is 5.14 Å². The summed E-state index contributed by atoms with van der Waals surface area (Å²) in [6.07, 6.45) is 6.08. The molecule has 2 N–H and O–H groups in total. The molecule has 1 aliphatic rings. The van der Waals surface area contributed by atoms with Gasteiger partial charge in [-0.25, -0.2) is 18.5 Å². The maximum absolute atomic E-state index is 11.5. The molecular weight excluding hydrogens is 318 g/mol. The Kier molecular flexibility index (Phi) is 4.47. The van der Waals surface area contributed by atoms with Crippen molar-refractivity contribution in [1.29, 1.82) is 0 Å². The number of fused-ring (bicyclic) bond motifs is 1. The van der Waals surface area contributed by atoms with Crippen molar-refractivity contribution < 1.29 is 8.42 Å². The summed E-state index contributed by atoms with van der Waals surface area (Å²) < 4.78 is 25.2. The summed E-state index contributed by atoms with van der Waals surface area (Å²) in [4.78, 5) is 4.80. The number of primary sulfonamides is 1. The average Bonchev–Trinajstić information content (AvgIpc) is 3.07. The van der Waals surface area contributed by atoms with Crippen LogP contribution in [0.1, 0.15) is 39.0 Å². The second-order valence-electron chi connectivity index (χ2n) is 5.77. The third-order valence-electron chi connectivity index (χ3n) is 4.03. The zero-order valence-corrected chi connectivity index (χ0v) is 14.3. The molecule has 22 heavy (non-hydrogen) atoms. The molecule has 1 saturated carbocycles. The van der Waals surface area contributed by atoms with Crippen LogP contribution in [0.2, 0.25) is 0 Å². The minimum atomic E-state index is -3.69. The van der Waals surface area contributed by atoms with Gasteiger partial charge in [0.25, 0.3) is 0 Å². The molecule has 0 radical (unpaired) electrons. The van der Waals surface area contributed by atoms with Gasteiger partial charge in [-0.15, -0.1) is 0 Å². The van der Waals surface area contributed by atoms with E-state index >= 15 is 0 Å². The van der Waals surface area contributed by atoms with Gasteiger partial charge in [-0.2, -0.15) is 0 Å². The molecule has 1 aromatic heterocycles. The van der Waals surface area contributed by atoms with E-state index in [1.54, 1.807) is 12.1 Å². The van der Waals surface area contributed by atoms with Gasteiger partial charge in [0.1, 0.15) is 0 Å². The van der Waals surface area contributed by atoms with Crippen LogP contribution in [0.15, 0.2) is 28.3 Å². The molecule has 1 heterocycles. The highest BCUT2D eigenvalue weighted by molar-refractivity contribution is 7.99. The SMILES string of the molecule is CCCn1c(SC2CCCC2)nc2cc(S(N)(=O)=O)ccc21. The van der Waals surface area contributed by atoms with Crippen LogP contribution in [-0.2, 0) is 16.6 Å². The lowest BCUT2D eigenvalue weighted by Gasteiger charge is -2.11. The first-order valence-corrected chi connectivity index (χ1v) is 10.1. The monoisotopic (exact) mass is 339 g/mol. The summed E-state index contributed by atoms with van der Waals surface area (Å²) in [6, 6.07) is 4.96. The second kappa shape index (κ2) is 6.22. The van der Waals surface area contributed by atoms with Crippen molar-refractivity contribution >= 4 is 32.8 Å². The molecule has 1 fully saturated rings. The highest BCUT2D eigenvalue weighted by Gasteiger charge is 2.21. The zero-order chi connectivity index (χ0) is 15.7. The van der Waals surface area contributed by atoms with Crippen molar-refractivity contribution in [1.82, 2.24) is 9.55 Å². The molecule has 1 aromatic carbocycles. The highest BCUT2D eigenvalue weighted by atomic mass is 32.2. The van der Waals surface area contributed by atoms with Crippen molar-refractivity contribution in [3.05, 3.63) is 18.2 Å². The standard InChI is InChI=1S/C15H21N3O2S2/c1-2-9-18-14-8-7-12(22(16,19)20)10-13(14)17-15(18)21-11-5-3-4-6-11/h7-8,10-11H,2-6,9H2,1H3,(H2,16,19,20). The van der Waals surface area contributed by atoms with Gasteiger partial charge < -0.3 is 4.57 Å². The Morgan fingerprint density at radius 2 is 2.09 bits per heavy atom. The average molecular weight is 339 g/mol. The molecule has 5 nitrogen and oxygen atoms in total. The Morgan fingerprint density at radius 3 is 2.73 bits per heavy atom. The van der Waals surface area contributed by atoms with Crippen LogP contribution in [0.3, 0.4) is 0 Å². The van der Waals surface area contributed by atoms with Crippen LogP contribution in [0, 0.1) is 0 Å². The number of nitrogens with zero attached hydrogens (tertiary/aromatic N) is 2. The number of sulfonamides is 1. The van der Waals surface area contributed by atoms with Gasteiger partial charge in [-0.1, -0.05) is 31.5 Å². The van der Waals surface area contributed by atoms with Crippen molar-refractivity contribution in [2.24, 2.45) is 5.14 Å². The summed E-state index contributed by atoms with van der Waals surface area (Å²) in [5.41, 5.74) is 1.69. The van der Waals surface area contributed by atoms with Crippen molar-refractivity contribution in [2.75, 3.05) is 0 Å². The number of rotatable bonds is 5. The van der Waals surface area contributed by atoms with E-state index < -0.39 is 10.0 Å². The number of imidazole rings is 1. The van der Waals surface area contributed by atoms with E-state index in [9.17, 15) is 8.42 Å². The molecule has 0 spiro atoms. The Bertz CT molecular complexity index is 777. The lowest BCUT2D eigenvalue weighted by molar-refractivity contribution is 0.598. The third-order valence-corrected chi connectivity index (χ3v) is 6.27. The minimum Gasteiger partial charge on any atom is -0.319 e. The van der Waals surface area contributed by atoms with Crippen molar-refractivity contribution in [3.63, 3.8) is 0 Å². The summed E-state index contributed by atoms with van der Waals surface area (Å²) in [7, 11) is -3.69. The van der Waals surface area contributed by atoms with Crippen LogP contribution in [0.4, 0.5) is 0 Å². The predicted octanol–water partition coefficient (Wildman–Crippen LogP) is 3.13. The highest BCUT2D eigenvalue weighted by Crippen LogP contribution is 2.36. The Balaban J connectivity index is 2.04. The van der Waals surface area contributed by atoms with Crippen LogP contribution in [0.5, 0.6) is 0 Å². The van der Waals surface area contributed by atoms with Crippen LogP contribution in [-0.4, -0.2) is 23.2 Å². The molecule has 0 bridgehead atoms. The molecular formula is C15H21N3O2S2. The molecule has 0 aliphatic heterocycles. The molecule has 0 amide bonds. The van der Waals surface area contributed by atoms with E-state index in [-0.39, 0.29) is 4.90 Å². The summed E-state index contributed by atoms with van der Waals surface area (Å²) in [6.45, 7) is 3.02. The van der Waals surface area contributed by atoms with Gasteiger partial charge >= 0.3 is 0 Å². The number of nitrogens with two attached hydrogens (primary N) is 1.